The van der Waals surface area contributed by atoms with Crippen molar-refractivity contribution in [3.8, 4) is 5.69 Å². The lowest BCUT2D eigenvalue weighted by Crippen LogP contribution is -2.20. The molecule has 0 saturated heterocycles. The van der Waals surface area contributed by atoms with E-state index in [1.165, 1.54) is 30.6 Å². The standard InChI is InChI=1S/C14H12FN3O2S/c1-8-11-7-12(13(19)17-20-2)21-14(11)18(16-8)10-5-3-9(15)4-6-10/h3-7H,1-2H3,(H,17,19). The number of hydroxylamine groups is 1. The Morgan fingerprint density at radius 1 is 1.38 bits per heavy atom. The molecule has 0 saturated carbocycles. The number of amides is 1. The quantitative estimate of drug-likeness (QED) is 0.757. The van der Waals surface area contributed by atoms with Crippen LogP contribution in [0.1, 0.15) is 15.4 Å². The van der Waals surface area contributed by atoms with Gasteiger partial charge in [0.2, 0.25) is 0 Å². The molecule has 21 heavy (non-hydrogen) atoms. The molecular formula is C14H12FN3O2S. The molecule has 0 aliphatic heterocycles. The molecule has 0 unspecified atom stereocenters. The van der Waals surface area contributed by atoms with E-state index >= 15 is 0 Å². The van der Waals surface area contributed by atoms with Gasteiger partial charge in [0.05, 0.1) is 23.4 Å². The zero-order valence-electron chi connectivity index (χ0n) is 11.4. The molecule has 1 amide bonds. The van der Waals surface area contributed by atoms with E-state index < -0.39 is 0 Å². The fraction of sp³-hybridized carbons (Fsp3) is 0.143. The lowest BCUT2D eigenvalue weighted by molar-refractivity contribution is 0.0542. The van der Waals surface area contributed by atoms with Gasteiger partial charge < -0.3 is 0 Å². The van der Waals surface area contributed by atoms with E-state index in [-0.39, 0.29) is 11.7 Å². The van der Waals surface area contributed by atoms with Crippen molar-refractivity contribution in [1.29, 1.82) is 0 Å². The number of aryl methyl sites for hydroxylation is 1. The molecule has 0 aliphatic rings. The molecule has 1 N–H and O–H groups in total. The molecule has 2 heterocycles. The number of rotatable bonds is 3. The van der Waals surface area contributed by atoms with Gasteiger partial charge in [0.1, 0.15) is 10.6 Å². The van der Waals surface area contributed by atoms with Gasteiger partial charge in [-0.3, -0.25) is 9.63 Å². The fourth-order valence-corrected chi connectivity index (χ4v) is 3.13. The maximum Gasteiger partial charge on any atom is 0.284 e. The van der Waals surface area contributed by atoms with E-state index in [4.69, 9.17) is 0 Å². The predicted octanol–water partition coefficient (Wildman–Crippen LogP) is 2.83. The van der Waals surface area contributed by atoms with Crippen LogP contribution in [-0.4, -0.2) is 22.8 Å². The Morgan fingerprint density at radius 2 is 2.10 bits per heavy atom. The zero-order chi connectivity index (χ0) is 15.0. The number of hydrogen-bond acceptors (Lipinski definition) is 4. The summed E-state index contributed by atoms with van der Waals surface area (Å²) in [7, 11) is 1.39. The molecule has 3 aromatic rings. The molecule has 0 spiro atoms. The zero-order valence-corrected chi connectivity index (χ0v) is 12.2. The van der Waals surface area contributed by atoms with Gasteiger partial charge in [0.15, 0.2) is 0 Å². The Labute approximate surface area is 123 Å². The minimum atomic E-state index is -0.302. The van der Waals surface area contributed by atoms with Crippen LogP contribution in [0.5, 0.6) is 0 Å². The van der Waals surface area contributed by atoms with Crippen LogP contribution in [0.4, 0.5) is 4.39 Å². The molecule has 0 atom stereocenters. The number of benzene rings is 1. The molecule has 7 heteroatoms. The lowest BCUT2D eigenvalue weighted by atomic mass is 10.3. The molecular weight excluding hydrogens is 293 g/mol. The van der Waals surface area contributed by atoms with Crippen molar-refractivity contribution in [1.82, 2.24) is 15.3 Å². The number of nitrogens with one attached hydrogen (secondary N) is 1. The second-order valence-corrected chi connectivity index (χ2v) is 5.47. The van der Waals surface area contributed by atoms with Gasteiger partial charge in [-0.2, -0.15) is 5.10 Å². The molecule has 5 nitrogen and oxygen atoms in total. The fourth-order valence-electron chi connectivity index (χ4n) is 2.06. The highest BCUT2D eigenvalue weighted by Gasteiger charge is 2.17. The number of aromatic nitrogens is 2. The minimum Gasteiger partial charge on any atom is -0.277 e. The maximum atomic E-state index is 13.0. The van der Waals surface area contributed by atoms with Crippen LogP contribution in [-0.2, 0) is 4.84 Å². The molecule has 3 rings (SSSR count). The third kappa shape index (κ3) is 2.41. The van der Waals surface area contributed by atoms with E-state index in [1.807, 2.05) is 6.92 Å². The third-order valence-corrected chi connectivity index (χ3v) is 4.14. The van der Waals surface area contributed by atoms with Crippen molar-refractivity contribution in [3.05, 3.63) is 46.7 Å². The van der Waals surface area contributed by atoms with Crippen molar-refractivity contribution >= 4 is 27.5 Å². The summed E-state index contributed by atoms with van der Waals surface area (Å²) < 4.78 is 14.7. The van der Waals surface area contributed by atoms with Crippen molar-refractivity contribution in [2.24, 2.45) is 0 Å². The van der Waals surface area contributed by atoms with Crippen LogP contribution in [0.2, 0.25) is 0 Å². The molecule has 1 aromatic carbocycles. The summed E-state index contributed by atoms with van der Waals surface area (Å²) in [6.45, 7) is 1.87. The van der Waals surface area contributed by atoms with Crippen LogP contribution >= 0.6 is 11.3 Å². The average molecular weight is 305 g/mol. The number of fused-ring (bicyclic) bond motifs is 1. The van der Waals surface area contributed by atoms with E-state index in [2.05, 4.69) is 15.4 Å². The highest BCUT2D eigenvalue weighted by molar-refractivity contribution is 7.20. The molecule has 0 fully saturated rings. The van der Waals surface area contributed by atoms with Crippen molar-refractivity contribution < 1.29 is 14.0 Å². The number of nitrogens with zero attached hydrogens (tertiary/aromatic N) is 2. The normalized spacial score (nSPS) is 11.0. The number of hydrogen-bond donors (Lipinski definition) is 1. The maximum absolute atomic E-state index is 13.0. The Morgan fingerprint density at radius 3 is 2.76 bits per heavy atom. The third-order valence-electron chi connectivity index (χ3n) is 3.03. The van der Waals surface area contributed by atoms with Crippen LogP contribution in [0, 0.1) is 12.7 Å². The van der Waals surface area contributed by atoms with Crippen LogP contribution in [0.3, 0.4) is 0 Å². The predicted molar refractivity (Wildman–Crippen MR) is 78.1 cm³/mol. The summed E-state index contributed by atoms with van der Waals surface area (Å²) in [6.07, 6.45) is 0. The first-order chi connectivity index (χ1) is 10.1. The van der Waals surface area contributed by atoms with Crippen LogP contribution in [0.15, 0.2) is 30.3 Å². The Kier molecular flexibility index (Phi) is 3.44. The number of thiophene rings is 1. The SMILES string of the molecule is CONC(=O)c1cc2c(C)nn(-c3ccc(F)cc3)c2s1. The van der Waals surface area contributed by atoms with Gasteiger partial charge in [-0.05, 0) is 37.3 Å². The summed E-state index contributed by atoms with van der Waals surface area (Å²) in [6, 6.07) is 7.83. The first-order valence-electron chi connectivity index (χ1n) is 6.18. The van der Waals surface area contributed by atoms with Crippen molar-refractivity contribution in [2.75, 3.05) is 7.11 Å². The second-order valence-electron chi connectivity index (χ2n) is 4.44. The van der Waals surface area contributed by atoms with E-state index in [1.54, 1.807) is 22.9 Å². The summed E-state index contributed by atoms with van der Waals surface area (Å²) in [5.41, 5.74) is 3.84. The van der Waals surface area contributed by atoms with Gasteiger partial charge >= 0.3 is 0 Å². The lowest BCUT2D eigenvalue weighted by Gasteiger charge is -2.02. The topological polar surface area (TPSA) is 56.1 Å². The minimum absolute atomic E-state index is 0.301. The van der Waals surface area contributed by atoms with E-state index in [0.29, 0.717) is 4.88 Å². The Bertz CT molecular complexity index is 808. The summed E-state index contributed by atoms with van der Waals surface area (Å²) in [5, 5.41) is 5.33. The first-order valence-corrected chi connectivity index (χ1v) is 7.00. The van der Waals surface area contributed by atoms with E-state index in [0.717, 1.165) is 21.6 Å². The van der Waals surface area contributed by atoms with Gasteiger partial charge in [-0.1, -0.05) is 0 Å². The molecule has 0 bridgehead atoms. The highest BCUT2D eigenvalue weighted by Crippen LogP contribution is 2.30. The molecule has 0 radical (unpaired) electrons. The average Bonchev–Trinajstić information content (AvgIpc) is 3.01. The van der Waals surface area contributed by atoms with Crippen molar-refractivity contribution in [2.45, 2.75) is 6.92 Å². The van der Waals surface area contributed by atoms with Gasteiger partial charge in [-0.25, -0.2) is 14.6 Å². The number of carbonyl (C=O) groups excluding carboxylic acids is 1. The Hall–Kier alpha value is -2.25. The first kappa shape index (κ1) is 13.7. The van der Waals surface area contributed by atoms with Gasteiger partial charge in [-0.15, -0.1) is 11.3 Å². The molecule has 0 aliphatic carbocycles. The summed E-state index contributed by atoms with van der Waals surface area (Å²) in [5.74, 6) is -0.603. The summed E-state index contributed by atoms with van der Waals surface area (Å²) in [4.78, 5) is 17.8. The van der Waals surface area contributed by atoms with Crippen LogP contribution in [0.25, 0.3) is 15.9 Å². The Balaban J connectivity index is 2.11. The number of halogens is 1. The smallest absolute Gasteiger partial charge is 0.277 e. The largest absolute Gasteiger partial charge is 0.284 e. The van der Waals surface area contributed by atoms with Gasteiger partial charge in [0, 0.05) is 5.39 Å². The number of carbonyl (C=O) groups is 1. The van der Waals surface area contributed by atoms with E-state index in [9.17, 15) is 9.18 Å². The second kappa shape index (κ2) is 5.27. The monoisotopic (exact) mass is 305 g/mol. The highest BCUT2D eigenvalue weighted by atomic mass is 32.1. The van der Waals surface area contributed by atoms with Crippen molar-refractivity contribution in [3.63, 3.8) is 0 Å². The van der Waals surface area contributed by atoms with Gasteiger partial charge in [0.25, 0.3) is 5.91 Å². The molecule has 2 aromatic heterocycles. The molecule has 108 valence electrons. The van der Waals surface area contributed by atoms with Crippen LogP contribution < -0.4 is 5.48 Å². The summed E-state index contributed by atoms with van der Waals surface area (Å²) >= 11 is 1.31.